The summed E-state index contributed by atoms with van der Waals surface area (Å²) in [5.74, 6) is 0.615. The van der Waals surface area contributed by atoms with Crippen molar-refractivity contribution in [1.82, 2.24) is 14.8 Å². The number of methoxy groups -OCH3 is 2. The Morgan fingerprint density at radius 3 is 2.80 bits per heavy atom. The van der Waals surface area contributed by atoms with Gasteiger partial charge in [0.1, 0.15) is 19.3 Å². The first-order valence-corrected chi connectivity index (χ1v) is 5.96. The minimum atomic E-state index is -0.419. The molecule has 2 rings (SSSR count). The number of carbonyl (C=O) groups is 1. The SMILES string of the molecule is COC(=O)c1ccc(OCCn2cncn2)c(OC)c1. The monoisotopic (exact) mass is 277 g/mol. The lowest BCUT2D eigenvalue weighted by atomic mass is 10.2. The van der Waals surface area contributed by atoms with Gasteiger partial charge in [0.15, 0.2) is 11.5 Å². The Morgan fingerprint density at radius 1 is 1.30 bits per heavy atom. The summed E-state index contributed by atoms with van der Waals surface area (Å²) in [4.78, 5) is 15.3. The fraction of sp³-hybridized carbons (Fsp3) is 0.308. The van der Waals surface area contributed by atoms with Gasteiger partial charge in [0, 0.05) is 0 Å². The number of nitrogens with zero attached hydrogens (tertiary/aromatic N) is 3. The maximum atomic E-state index is 11.4. The zero-order valence-corrected chi connectivity index (χ0v) is 11.3. The number of rotatable bonds is 6. The van der Waals surface area contributed by atoms with Crippen LogP contribution < -0.4 is 9.47 Å². The molecular formula is C13H15N3O4. The number of carbonyl (C=O) groups excluding carboxylic acids is 1. The smallest absolute Gasteiger partial charge is 0.337 e. The van der Waals surface area contributed by atoms with Gasteiger partial charge in [-0.25, -0.2) is 14.5 Å². The Kier molecular flexibility index (Phi) is 4.54. The van der Waals surface area contributed by atoms with Crippen LogP contribution in [0.5, 0.6) is 11.5 Å². The molecule has 7 heteroatoms. The highest BCUT2D eigenvalue weighted by atomic mass is 16.5. The summed E-state index contributed by atoms with van der Waals surface area (Å²) in [6.45, 7) is 0.985. The van der Waals surface area contributed by atoms with Gasteiger partial charge in [0.05, 0.1) is 26.3 Å². The van der Waals surface area contributed by atoms with Crippen molar-refractivity contribution in [3.8, 4) is 11.5 Å². The van der Waals surface area contributed by atoms with Crippen LogP contribution in [0.25, 0.3) is 0 Å². The van der Waals surface area contributed by atoms with Gasteiger partial charge in [-0.1, -0.05) is 0 Å². The van der Waals surface area contributed by atoms with E-state index in [2.05, 4.69) is 14.8 Å². The van der Waals surface area contributed by atoms with Crippen LogP contribution in [0.1, 0.15) is 10.4 Å². The summed E-state index contributed by atoms with van der Waals surface area (Å²) in [7, 11) is 2.85. The van der Waals surface area contributed by atoms with E-state index in [9.17, 15) is 4.79 Å². The number of aromatic nitrogens is 3. The van der Waals surface area contributed by atoms with E-state index < -0.39 is 5.97 Å². The minimum absolute atomic E-state index is 0.410. The Bertz CT molecular complexity index is 569. The molecule has 0 saturated carbocycles. The molecule has 2 aromatic rings. The van der Waals surface area contributed by atoms with Crippen LogP contribution in [0.2, 0.25) is 0 Å². The first kappa shape index (κ1) is 13.9. The van der Waals surface area contributed by atoms with E-state index in [0.717, 1.165) is 0 Å². The first-order valence-electron chi connectivity index (χ1n) is 5.96. The highest BCUT2D eigenvalue weighted by molar-refractivity contribution is 5.90. The lowest BCUT2D eigenvalue weighted by molar-refractivity contribution is 0.0600. The van der Waals surface area contributed by atoms with Crippen molar-refractivity contribution in [1.29, 1.82) is 0 Å². The Morgan fingerprint density at radius 2 is 2.15 bits per heavy atom. The fourth-order valence-corrected chi connectivity index (χ4v) is 1.63. The highest BCUT2D eigenvalue weighted by Crippen LogP contribution is 2.28. The molecule has 20 heavy (non-hydrogen) atoms. The van der Waals surface area contributed by atoms with Gasteiger partial charge >= 0.3 is 5.97 Å². The van der Waals surface area contributed by atoms with Gasteiger partial charge in [-0.3, -0.25) is 0 Å². The van der Waals surface area contributed by atoms with E-state index in [1.165, 1.54) is 20.5 Å². The maximum absolute atomic E-state index is 11.4. The standard InChI is InChI=1S/C13H15N3O4/c1-18-12-7-10(13(17)19-2)3-4-11(12)20-6-5-16-9-14-8-15-16/h3-4,7-9H,5-6H2,1-2H3. The van der Waals surface area contributed by atoms with Gasteiger partial charge in [-0.2, -0.15) is 5.10 Å². The maximum Gasteiger partial charge on any atom is 0.337 e. The molecule has 0 spiro atoms. The number of benzene rings is 1. The third-order valence-electron chi connectivity index (χ3n) is 2.63. The third kappa shape index (κ3) is 3.25. The van der Waals surface area contributed by atoms with E-state index >= 15 is 0 Å². The molecule has 0 aliphatic carbocycles. The van der Waals surface area contributed by atoms with Gasteiger partial charge in [-0.05, 0) is 18.2 Å². The molecule has 0 bridgehead atoms. The second kappa shape index (κ2) is 6.55. The van der Waals surface area contributed by atoms with E-state index in [0.29, 0.717) is 30.2 Å². The second-order valence-corrected chi connectivity index (χ2v) is 3.86. The first-order chi connectivity index (χ1) is 9.74. The van der Waals surface area contributed by atoms with Crippen LogP contribution in [0.15, 0.2) is 30.9 Å². The summed E-state index contributed by atoms with van der Waals surface area (Å²) in [5, 5.41) is 3.97. The number of esters is 1. The summed E-state index contributed by atoms with van der Waals surface area (Å²) >= 11 is 0. The highest BCUT2D eigenvalue weighted by Gasteiger charge is 2.11. The summed E-state index contributed by atoms with van der Waals surface area (Å²) < 4.78 is 17.1. The molecule has 0 unspecified atom stereocenters. The predicted molar refractivity (Wildman–Crippen MR) is 69.9 cm³/mol. The normalized spacial score (nSPS) is 10.1. The van der Waals surface area contributed by atoms with Crippen LogP contribution in [0.3, 0.4) is 0 Å². The average Bonchev–Trinajstić information content (AvgIpc) is 3.00. The largest absolute Gasteiger partial charge is 0.493 e. The molecule has 106 valence electrons. The quantitative estimate of drug-likeness (QED) is 0.737. The third-order valence-corrected chi connectivity index (χ3v) is 2.63. The Hall–Kier alpha value is -2.57. The molecular weight excluding hydrogens is 262 g/mol. The zero-order valence-electron chi connectivity index (χ0n) is 11.3. The topological polar surface area (TPSA) is 75.5 Å². The molecule has 7 nitrogen and oxygen atoms in total. The summed E-state index contributed by atoms with van der Waals surface area (Å²) in [6.07, 6.45) is 3.08. The Labute approximate surface area is 116 Å². The van der Waals surface area contributed by atoms with Crippen LogP contribution in [0.4, 0.5) is 0 Å². The van der Waals surface area contributed by atoms with Crippen molar-refractivity contribution in [2.75, 3.05) is 20.8 Å². The molecule has 0 atom stereocenters. The van der Waals surface area contributed by atoms with Crippen LogP contribution in [-0.2, 0) is 11.3 Å². The van der Waals surface area contributed by atoms with Crippen LogP contribution in [-0.4, -0.2) is 41.6 Å². The van der Waals surface area contributed by atoms with Crippen LogP contribution >= 0.6 is 0 Å². The van der Waals surface area contributed by atoms with Crippen molar-refractivity contribution in [3.63, 3.8) is 0 Å². The molecule has 0 saturated heterocycles. The fourth-order valence-electron chi connectivity index (χ4n) is 1.63. The van der Waals surface area contributed by atoms with Crippen molar-refractivity contribution >= 4 is 5.97 Å². The van der Waals surface area contributed by atoms with Gasteiger partial charge in [0.2, 0.25) is 0 Å². The van der Waals surface area contributed by atoms with Gasteiger partial charge in [0.25, 0.3) is 0 Å². The molecule has 0 aliphatic rings. The lowest BCUT2D eigenvalue weighted by Gasteiger charge is -2.11. The van der Waals surface area contributed by atoms with Gasteiger partial charge < -0.3 is 14.2 Å². The molecule has 1 aromatic heterocycles. The summed E-state index contributed by atoms with van der Waals surface area (Å²) in [5.41, 5.74) is 0.410. The molecule has 0 aliphatic heterocycles. The lowest BCUT2D eigenvalue weighted by Crippen LogP contribution is -2.09. The molecule has 0 amide bonds. The van der Waals surface area contributed by atoms with E-state index in [4.69, 9.17) is 9.47 Å². The second-order valence-electron chi connectivity index (χ2n) is 3.86. The minimum Gasteiger partial charge on any atom is -0.493 e. The molecule has 0 fully saturated rings. The molecule has 1 heterocycles. The van der Waals surface area contributed by atoms with Gasteiger partial charge in [-0.15, -0.1) is 0 Å². The summed E-state index contributed by atoms with van der Waals surface area (Å²) in [6, 6.07) is 4.88. The predicted octanol–water partition coefficient (Wildman–Crippen LogP) is 1.15. The molecule has 1 aromatic carbocycles. The van der Waals surface area contributed by atoms with Crippen molar-refractivity contribution < 1.29 is 19.0 Å². The van der Waals surface area contributed by atoms with E-state index in [-0.39, 0.29) is 0 Å². The van der Waals surface area contributed by atoms with Crippen molar-refractivity contribution in [2.45, 2.75) is 6.54 Å². The van der Waals surface area contributed by atoms with Crippen molar-refractivity contribution in [2.24, 2.45) is 0 Å². The molecule has 0 N–H and O–H groups in total. The number of hydrogen-bond donors (Lipinski definition) is 0. The van der Waals surface area contributed by atoms with Crippen LogP contribution in [0, 0.1) is 0 Å². The average molecular weight is 277 g/mol. The number of ether oxygens (including phenoxy) is 3. The van der Waals surface area contributed by atoms with E-state index in [1.807, 2.05) is 0 Å². The molecule has 0 radical (unpaired) electrons. The zero-order chi connectivity index (χ0) is 14.4. The van der Waals surface area contributed by atoms with E-state index in [1.54, 1.807) is 29.2 Å². The van der Waals surface area contributed by atoms with Crippen molar-refractivity contribution in [3.05, 3.63) is 36.4 Å². The number of hydrogen-bond acceptors (Lipinski definition) is 6. The Balaban J connectivity index is 2.02.